The number of amides is 1. The van der Waals surface area contributed by atoms with Gasteiger partial charge in [0.15, 0.2) is 0 Å². The maximum absolute atomic E-state index is 13.2. The normalized spacial score (nSPS) is 12.9. The van der Waals surface area contributed by atoms with E-state index in [1.165, 1.54) is 33.5 Å². The molecule has 9 heteroatoms. The van der Waals surface area contributed by atoms with Crippen LogP contribution in [0, 0.1) is 0 Å². The van der Waals surface area contributed by atoms with Crippen LogP contribution in [0.2, 0.25) is 0 Å². The van der Waals surface area contributed by atoms with Crippen LogP contribution in [0.3, 0.4) is 0 Å². The Labute approximate surface area is 133 Å². The highest BCUT2D eigenvalue weighted by atomic mass is 31.0. The van der Waals surface area contributed by atoms with Crippen molar-refractivity contribution >= 4 is 15.6 Å². The van der Waals surface area contributed by atoms with Crippen LogP contribution in [0.1, 0.15) is 23.8 Å². The fourth-order valence-electron chi connectivity index (χ4n) is 2.02. The van der Waals surface area contributed by atoms with Gasteiger partial charge in [-0.15, -0.1) is 0 Å². The lowest BCUT2D eigenvalue weighted by Crippen LogP contribution is -2.21. The van der Waals surface area contributed by atoms with Gasteiger partial charge in [0.05, 0.1) is 5.92 Å². The van der Waals surface area contributed by atoms with Crippen molar-refractivity contribution in [2.75, 3.05) is 13.2 Å². The van der Waals surface area contributed by atoms with E-state index in [1.54, 1.807) is 0 Å². The molecule has 0 aliphatic rings. The van der Waals surface area contributed by atoms with Crippen molar-refractivity contribution in [1.82, 2.24) is 15.5 Å². The molecule has 2 rings (SSSR count). The van der Waals surface area contributed by atoms with E-state index in [2.05, 4.69) is 15.5 Å². The average Bonchev–Trinajstić information content (AvgIpc) is 3.00. The minimum Gasteiger partial charge on any atom is -0.396 e. The molecule has 0 fully saturated rings. The molecule has 2 atom stereocenters. The second-order valence-electron chi connectivity index (χ2n) is 4.89. The molecule has 0 spiro atoms. The number of hydrogen-bond donors (Lipinski definition) is 2. The van der Waals surface area contributed by atoms with Crippen molar-refractivity contribution in [1.29, 1.82) is 0 Å². The van der Waals surface area contributed by atoms with Crippen molar-refractivity contribution in [3.05, 3.63) is 35.7 Å². The Morgan fingerprint density at radius 1 is 1.39 bits per heavy atom. The first-order chi connectivity index (χ1) is 11.0. The van der Waals surface area contributed by atoms with Crippen LogP contribution >= 0.6 is 9.24 Å². The third kappa shape index (κ3) is 4.53. The van der Waals surface area contributed by atoms with Gasteiger partial charge >= 0.3 is 0 Å². The van der Waals surface area contributed by atoms with Crippen LogP contribution in [-0.2, 0) is 10.5 Å². The molecule has 0 radical (unpaired) electrons. The number of nitrogens with one attached hydrogen (secondary N) is 1. The maximum Gasteiger partial charge on any atom is 0.283 e. The molecule has 0 aliphatic carbocycles. The number of hydrogen-bond acceptors (Lipinski definition) is 5. The molecular formula is C14H16F2N3O3P. The fraction of sp³-hybridized carbons (Fsp3) is 0.357. The Hall–Kier alpha value is -1.92. The summed E-state index contributed by atoms with van der Waals surface area (Å²) in [6.07, 6.45) is 0.893. The molecule has 1 aromatic heterocycles. The van der Waals surface area contributed by atoms with E-state index in [4.69, 9.17) is 9.63 Å². The van der Waals surface area contributed by atoms with Crippen molar-refractivity contribution in [2.24, 2.45) is 0 Å². The number of carbonyl (C=O) groups is 1. The summed E-state index contributed by atoms with van der Waals surface area (Å²) >= 11 is 0. The third-order valence-electron chi connectivity index (χ3n) is 3.24. The molecule has 2 aromatic rings. The van der Waals surface area contributed by atoms with Gasteiger partial charge in [-0.3, -0.25) is 4.79 Å². The zero-order valence-electron chi connectivity index (χ0n) is 12.1. The molecule has 1 amide bonds. The number of carbonyl (C=O) groups excluding carboxylic acids is 1. The van der Waals surface area contributed by atoms with Gasteiger partial charge in [-0.25, -0.2) is 0 Å². The predicted octanol–water partition coefficient (Wildman–Crippen LogP) is 1.87. The molecule has 0 saturated heterocycles. The Balaban J connectivity index is 2.18. The fourth-order valence-corrected chi connectivity index (χ4v) is 2.21. The first kappa shape index (κ1) is 17.4. The molecule has 0 bridgehead atoms. The topological polar surface area (TPSA) is 88.2 Å². The summed E-state index contributed by atoms with van der Waals surface area (Å²) in [5.41, 5.74) is -2.60. The van der Waals surface area contributed by atoms with Gasteiger partial charge in [-0.1, -0.05) is 38.7 Å². The molecule has 1 aromatic carbocycles. The second-order valence-corrected chi connectivity index (χ2v) is 5.62. The van der Waals surface area contributed by atoms with Crippen molar-refractivity contribution in [3.63, 3.8) is 0 Å². The van der Waals surface area contributed by atoms with Crippen molar-refractivity contribution in [2.45, 2.75) is 18.0 Å². The number of halogens is 2. The van der Waals surface area contributed by atoms with Gasteiger partial charge < -0.3 is 14.9 Å². The number of benzene rings is 1. The Morgan fingerprint density at radius 2 is 2.09 bits per heavy atom. The molecule has 6 nitrogen and oxygen atoms in total. The number of rotatable bonds is 8. The van der Waals surface area contributed by atoms with Crippen LogP contribution in [-0.4, -0.2) is 34.8 Å². The SMILES string of the molecule is O=CNCC(CCO)c1nc(-c2ccc(C(F)(F)P)cc2)no1. The minimum atomic E-state index is -2.99. The summed E-state index contributed by atoms with van der Waals surface area (Å²) in [6.45, 7) is 0.158. The highest BCUT2D eigenvalue weighted by Crippen LogP contribution is 2.35. The van der Waals surface area contributed by atoms with E-state index in [-0.39, 0.29) is 36.3 Å². The number of nitrogens with zero attached hydrogens (tertiary/aromatic N) is 2. The lowest BCUT2D eigenvalue weighted by Gasteiger charge is -2.10. The molecule has 1 heterocycles. The third-order valence-corrected chi connectivity index (χ3v) is 3.58. The highest BCUT2D eigenvalue weighted by molar-refractivity contribution is 7.17. The van der Waals surface area contributed by atoms with Crippen molar-refractivity contribution < 1.29 is 23.2 Å². The van der Waals surface area contributed by atoms with Crippen LogP contribution in [0.15, 0.2) is 28.8 Å². The summed E-state index contributed by atoms with van der Waals surface area (Å²) < 4.78 is 31.5. The summed E-state index contributed by atoms with van der Waals surface area (Å²) in [5.74, 6) is 0.207. The van der Waals surface area contributed by atoms with Crippen LogP contribution in [0.4, 0.5) is 8.78 Å². The molecule has 23 heavy (non-hydrogen) atoms. The lowest BCUT2D eigenvalue weighted by atomic mass is 10.1. The van der Waals surface area contributed by atoms with Crippen LogP contribution in [0.5, 0.6) is 0 Å². The molecule has 0 saturated carbocycles. The molecule has 0 aliphatic heterocycles. The monoisotopic (exact) mass is 343 g/mol. The van der Waals surface area contributed by atoms with Crippen molar-refractivity contribution in [3.8, 4) is 11.4 Å². The van der Waals surface area contributed by atoms with Gasteiger partial charge in [0.25, 0.3) is 5.66 Å². The first-order valence-corrected chi connectivity index (χ1v) is 7.42. The van der Waals surface area contributed by atoms with Gasteiger partial charge in [-0.05, 0) is 6.42 Å². The van der Waals surface area contributed by atoms with E-state index < -0.39 is 5.66 Å². The molecular weight excluding hydrogens is 327 g/mol. The highest BCUT2D eigenvalue weighted by Gasteiger charge is 2.24. The summed E-state index contributed by atoms with van der Waals surface area (Å²) in [4.78, 5) is 14.6. The molecule has 2 N–H and O–H groups in total. The van der Waals surface area contributed by atoms with Gasteiger partial charge in [-0.2, -0.15) is 13.8 Å². The Morgan fingerprint density at radius 3 is 2.65 bits per heavy atom. The number of aliphatic hydroxyl groups excluding tert-OH is 1. The van der Waals surface area contributed by atoms with E-state index in [1.807, 2.05) is 0 Å². The number of aliphatic hydroxyl groups is 1. The lowest BCUT2D eigenvalue weighted by molar-refractivity contribution is -0.109. The maximum atomic E-state index is 13.2. The quantitative estimate of drug-likeness (QED) is 0.564. The van der Waals surface area contributed by atoms with E-state index >= 15 is 0 Å². The van der Waals surface area contributed by atoms with Gasteiger partial charge in [0.1, 0.15) is 0 Å². The first-order valence-electron chi connectivity index (χ1n) is 6.84. The van der Waals surface area contributed by atoms with E-state index in [0.29, 0.717) is 18.4 Å². The Bertz CT molecular complexity index is 643. The molecule has 124 valence electrons. The summed E-state index contributed by atoms with van der Waals surface area (Å²) in [5, 5.41) is 15.4. The van der Waals surface area contributed by atoms with Crippen LogP contribution in [0.25, 0.3) is 11.4 Å². The Kier molecular flexibility index (Phi) is 5.74. The zero-order chi connectivity index (χ0) is 16.9. The van der Waals surface area contributed by atoms with Gasteiger partial charge in [0.2, 0.25) is 18.1 Å². The largest absolute Gasteiger partial charge is 0.396 e. The van der Waals surface area contributed by atoms with E-state index in [9.17, 15) is 13.6 Å². The smallest absolute Gasteiger partial charge is 0.283 e. The standard InChI is InChI=1S/C14H16F2N3O3P/c15-14(16,23)11-3-1-9(2-4-11)12-18-13(22-19-12)10(5-6-20)7-17-8-21/h1-4,8,10,20H,5-7,23H2,(H,17,21). The number of aromatic nitrogens is 2. The molecule has 2 unspecified atom stereocenters. The summed E-state index contributed by atoms with van der Waals surface area (Å²) in [7, 11) is 1.48. The minimum absolute atomic E-state index is 0.0964. The zero-order valence-corrected chi connectivity index (χ0v) is 13.2. The van der Waals surface area contributed by atoms with Crippen LogP contribution < -0.4 is 5.32 Å². The second kappa shape index (κ2) is 7.57. The van der Waals surface area contributed by atoms with Gasteiger partial charge in [0, 0.05) is 24.3 Å². The number of alkyl halides is 2. The van der Waals surface area contributed by atoms with E-state index in [0.717, 1.165) is 0 Å². The summed E-state index contributed by atoms with van der Waals surface area (Å²) in [6, 6.07) is 5.54. The predicted molar refractivity (Wildman–Crippen MR) is 81.8 cm³/mol. The average molecular weight is 343 g/mol.